The van der Waals surface area contributed by atoms with E-state index in [0.717, 1.165) is 5.52 Å². The molecule has 1 aromatic carbocycles. The van der Waals surface area contributed by atoms with Gasteiger partial charge in [0.15, 0.2) is 0 Å². The van der Waals surface area contributed by atoms with Crippen LogP contribution in [0.1, 0.15) is 12.0 Å². The van der Waals surface area contributed by atoms with E-state index in [-0.39, 0.29) is 5.91 Å². The lowest BCUT2D eigenvalue weighted by Gasteiger charge is -2.11. The van der Waals surface area contributed by atoms with Gasteiger partial charge in [0.05, 0.1) is 11.1 Å². The van der Waals surface area contributed by atoms with E-state index in [2.05, 4.69) is 11.1 Å². The molecule has 0 bridgehead atoms. The summed E-state index contributed by atoms with van der Waals surface area (Å²) >= 11 is 0. The van der Waals surface area contributed by atoms with Crippen LogP contribution in [0.5, 0.6) is 0 Å². The van der Waals surface area contributed by atoms with Crippen LogP contribution in [0.15, 0.2) is 18.2 Å². The van der Waals surface area contributed by atoms with Crippen LogP contribution < -0.4 is 5.73 Å². The normalized spacial score (nSPS) is 10.4. The van der Waals surface area contributed by atoms with Crippen LogP contribution in [0.3, 0.4) is 0 Å². The highest BCUT2D eigenvalue weighted by atomic mass is 16.2. The number of fused-ring (bicyclic) bond motifs is 1. The van der Waals surface area contributed by atoms with Crippen molar-refractivity contribution in [2.75, 3.05) is 19.8 Å². The smallest absolute Gasteiger partial charge is 0.223 e. The molecule has 0 aliphatic heterocycles. The van der Waals surface area contributed by atoms with E-state index in [4.69, 9.17) is 11.0 Å². The predicted octanol–water partition coefficient (Wildman–Crippen LogP) is 0.968. The van der Waals surface area contributed by atoms with E-state index in [1.165, 1.54) is 4.90 Å². The molecule has 0 saturated heterocycles. The number of anilines is 1. The molecule has 0 aliphatic rings. The van der Waals surface area contributed by atoms with Gasteiger partial charge in [-0.25, -0.2) is 4.98 Å². The maximum absolute atomic E-state index is 11.6. The minimum atomic E-state index is 0.0256. The number of imidazole rings is 1. The number of benzene rings is 1. The number of rotatable bonds is 3. The van der Waals surface area contributed by atoms with Crippen LogP contribution in [0.2, 0.25) is 0 Å². The molecule has 19 heavy (non-hydrogen) atoms. The first-order valence-corrected chi connectivity index (χ1v) is 5.89. The zero-order valence-electron chi connectivity index (χ0n) is 10.9. The van der Waals surface area contributed by atoms with Crippen molar-refractivity contribution < 1.29 is 4.79 Å². The molecule has 6 nitrogen and oxygen atoms in total. The van der Waals surface area contributed by atoms with Crippen LogP contribution in [0.25, 0.3) is 11.0 Å². The first kappa shape index (κ1) is 12.9. The summed E-state index contributed by atoms with van der Waals surface area (Å²) in [5.74, 6) is 0.349. The standard InChI is InChI=1S/C13H15N5O/c1-17(2)11(19)6-7-18-10-5-3-4-9(8-14)12(10)16-13(18)15/h3-5H,6-7H2,1-2H3,(H2,15,16). The Morgan fingerprint density at radius 2 is 2.26 bits per heavy atom. The largest absolute Gasteiger partial charge is 0.369 e. The van der Waals surface area contributed by atoms with Gasteiger partial charge in [0, 0.05) is 27.1 Å². The number of nitrogen functional groups attached to an aromatic ring is 1. The van der Waals surface area contributed by atoms with Crippen LogP contribution in [-0.2, 0) is 11.3 Å². The van der Waals surface area contributed by atoms with E-state index < -0.39 is 0 Å². The lowest BCUT2D eigenvalue weighted by atomic mass is 10.2. The summed E-state index contributed by atoms with van der Waals surface area (Å²) in [6.07, 6.45) is 0.347. The van der Waals surface area contributed by atoms with Crippen molar-refractivity contribution in [2.24, 2.45) is 0 Å². The van der Waals surface area contributed by atoms with Crippen molar-refractivity contribution in [1.82, 2.24) is 14.5 Å². The molecule has 0 unspecified atom stereocenters. The molecule has 1 amide bonds. The zero-order valence-corrected chi connectivity index (χ0v) is 10.9. The fourth-order valence-electron chi connectivity index (χ4n) is 1.92. The molecular weight excluding hydrogens is 242 g/mol. The monoisotopic (exact) mass is 257 g/mol. The first-order valence-electron chi connectivity index (χ1n) is 5.89. The number of aryl methyl sites for hydroxylation is 1. The summed E-state index contributed by atoms with van der Waals surface area (Å²) < 4.78 is 1.76. The quantitative estimate of drug-likeness (QED) is 0.887. The molecule has 98 valence electrons. The number of nitriles is 1. The Hall–Kier alpha value is -2.55. The van der Waals surface area contributed by atoms with Gasteiger partial charge in [0.1, 0.15) is 11.6 Å². The molecular formula is C13H15N5O. The van der Waals surface area contributed by atoms with E-state index in [9.17, 15) is 4.79 Å². The SMILES string of the molecule is CN(C)C(=O)CCn1c(N)nc2c(C#N)cccc21. The van der Waals surface area contributed by atoms with Gasteiger partial charge in [-0.1, -0.05) is 6.07 Å². The number of aromatic nitrogens is 2. The summed E-state index contributed by atoms with van der Waals surface area (Å²) in [7, 11) is 3.43. The summed E-state index contributed by atoms with van der Waals surface area (Å²) in [6.45, 7) is 0.453. The lowest BCUT2D eigenvalue weighted by molar-refractivity contribution is -0.128. The average Bonchev–Trinajstić information content (AvgIpc) is 2.71. The topological polar surface area (TPSA) is 87.9 Å². The molecule has 0 saturated carbocycles. The molecule has 0 fully saturated rings. The van der Waals surface area contributed by atoms with E-state index in [1.807, 2.05) is 6.07 Å². The van der Waals surface area contributed by atoms with Gasteiger partial charge < -0.3 is 15.2 Å². The summed E-state index contributed by atoms with van der Waals surface area (Å²) in [6, 6.07) is 7.42. The summed E-state index contributed by atoms with van der Waals surface area (Å²) in [5, 5.41) is 9.03. The maximum atomic E-state index is 11.6. The van der Waals surface area contributed by atoms with Gasteiger partial charge in [-0.05, 0) is 12.1 Å². The Morgan fingerprint density at radius 3 is 2.89 bits per heavy atom. The Morgan fingerprint density at radius 1 is 1.53 bits per heavy atom. The van der Waals surface area contributed by atoms with Gasteiger partial charge in [-0.15, -0.1) is 0 Å². The van der Waals surface area contributed by atoms with Crippen LogP contribution in [0.4, 0.5) is 5.95 Å². The number of amides is 1. The second-order valence-corrected chi connectivity index (χ2v) is 4.44. The molecule has 1 aromatic heterocycles. The van der Waals surface area contributed by atoms with Gasteiger partial charge >= 0.3 is 0 Å². The Kier molecular flexibility index (Phi) is 3.38. The Balaban J connectivity index is 2.37. The minimum Gasteiger partial charge on any atom is -0.369 e. The third kappa shape index (κ3) is 2.36. The maximum Gasteiger partial charge on any atom is 0.223 e. The van der Waals surface area contributed by atoms with Crippen LogP contribution >= 0.6 is 0 Å². The fourth-order valence-corrected chi connectivity index (χ4v) is 1.92. The first-order chi connectivity index (χ1) is 9.04. The number of carbonyl (C=O) groups is 1. The number of carbonyl (C=O) groups excluding carboxylic acids is 1. The average molecular weight is 257 g/mol. The molecule has 6 heteroatoms. The van der Waals surface area contributed by atoms with E-state index in [1.54, 1.807) is 30.8 Å². The van der Waals surface area contributed by atoms with Crippen molar-refractivity contribution in [1.29, 1.82) is 5.26 Å². The molecule has 0 atom stereocenters. The van der Waals surface area contributed by atoms with E-state index in [0.29, 0.717) is 30.0 Å². The molecule has 2 N–H and O–H groups in total. The van der Waals surface area contributed by atoms with Crippen molar-refractivity contribution in [3.05, 3.63) is 23.8 Å². The Bertz CT molecular complexity index is 665. The molecule has 2 rings (SSSR count). The molecule has 0 radical (unpaired) electrons. The van der Waals surface area contributed by atoms with Crippen molar-refractivity contribution in [3.63, 3.8) is 0 Å². The second kappa shape index (κ2) is 4.98. The molecule has 0 spiro atoms. The van der Waals surface area contributed by atoms with Gasteiger partial charge in [-0.2, -0.15) is 5.26 Å². The Labute approximate surface area is 111 Å². The summed E-state index contributed by atoms with van der Waals surface area (Å²) in [4.78, 5) is 17.3. The molecule has 0 aliphatic carbocycles. The molecule has 1 heterocycles. The third-order valence-electron chi connectivity index (χ3n) is 2.98. The minimum absolute atomic E-state index is 0.0256. The highest BCUT2D eigenvalue weighted by molar-refractivity contribution is 5.84. The van der Waals surface area contributed by atoms with Crippen LogP contribution in [0, 0.1) is 11.3 Å². The molecule has 2 aromatic rings. The number of nitrogens with two attached hydrogens (primary N) is 1. The van der Waals surface area contributed by atoms with Crippen molar-refractivity contribution >= 4 is 22.9 Å². The fraction of sp³-hybridized carbons (Fsp3) is 0.308. The van der Waals surface area contributed by atoms with Crippen molar-refractivity contribution in [3.8, 4) is 6.07 Å². The van der Waals surface area contributed by atoms with Gasteiger partial charge in [0.25, 0.3) is 0 Å². The van der Waals surface area contributed by atoms with Crippen LogP contribution in [-0.4, -0.2) is 34.5 Å². The number of nitrogens with zero attached hydrogens (tertiary/aromatic N) is 4. The second-order valence-electron chi connectivity index (χ2n) is 4.44. The summed E-state index contributed by atoms with van der Waals surface area (Å²) in [5.41, 5.74) is 7.71. The number of hydrogen-bond acceptors (Lipinski definition) is 4. The highest BCUT2D eigenvalue weighted by Gasteiger charge is 2.12. The predicted molar refractivity (Wildman–Crippen MR) is 72.2 cm³/mol. The number of hydrogen-bond donors (Lipinski definition) is 1. The number of para-hydroxylation sites is 1. The zero-order chi connectivity index (χ0) is 14.0. The third-order valence-corrected chi connectivity index (χ3v) is 2.98. The van der Waals surface area contributed by atoms with Gasteiger partial charge in [0.2, 0.25) is 11.9 Å². The lowest BCUT2D eigenvalue weighted by Crippen LogP contribution is -2.23. The van der Waals surface area contributed by atoms with E-state index >= 15 is 0 Å². The highest BCUT2D eigenvalue weighted by Crippen LogP contribution is 2.21. The van der Waals surface area contributed by atoms with Gasteiger partial charge in [-0.3, -0.25) is 4.79 Å². The van der Waals surface area contributed by atoms with Crippen molar-refractivity contribution in [2.45, 2.75) is 13.0 Å².